The van der Waals surface area contributed by atoms with Gasteiger partial charge < -0.3 is 10.2 Å². The zero-order valence-corrected chi connectivity index (χ0v) is 16.1. The Labute approximate surface area is 147 Å². The third-order valence-corrected chi connectivity index (χ3v) is 4.35. The summed E-state index contributed by atoms with van der Waals surface area (Å²) in [5, 5.41) is 2.91. The van der Waals surface area contributed by atoms with E-state index in [1.54, 1.807) is 11.9 Å². The minimum Gasteiger partial charge on any atom is -0.350 e. The minimum absolute atomic E-state index is 0.0140. The molecule has 0 aliphatic heterocycles. The van der Waals surface area contributed by atoms with Crippen molar-refractivity contribution in [3.63, 3.8) is 0 Å². The van der Waals surface area contributed by atoms with Gasteiger partial charge in [-0.25, -0.2) is 0 Å². The summed E-state index contributed by atoms with van der Waals surface area (Å²) in [4.78, 5) is 28.8. The molecule has 1 rings (SSSR count). The van der Waals surface area contributed by atoms with Crippen molar-refractivity contribution >= 4 is 34.8 Å². The quantitative estimate of drug-likeness (QED) is 0.814. The number of hydrogen-bond donors (Lipinski definition) is 1. The molecule has 2 amide bonds. The number of nitrogens with zero attached hydrogens (tertiary/aromatic N) is 2. The molecule has 0 atom stereocenters. The zero-order chi connectivity index (χ0) is 17.6. The first-order chi connectivity index (χ1) is 10.6. The van der Waals surface area contributed by atoms with Crippen LogP contribution in [0.2, 0.25) is 4.34 Å². The van der Waals surface area contributed by atoms with Gasteiger partial charge in [0.2, 0.25) is 11.8 Å². The summed E-state index contributed by atoms with van der Waals surface area (Å²) in [7, 11) is 1.76. The molecular weight excluding hydrogens is 334 g/mol. The lowest BCUT2D eigenvalue weighted by molar-refractivity contribution is -0.132. The van der Waals surface area contributed by atoms with Gasteiger partial charge in [-0.15, -0.1) is 11.3 Å². The molecule has 1 heterocycles. The lowest BCUT2D eigenvalue weighted by atomic mass is 10.1. The van der Waals surface area contributed by atoms with Crippen LogP contribution in [0.5, 0.6) is 0 Å². The molecule has 1 N–H and O–H groups in total. The van der Waals surface area contributed by atoms with Gasteiger partial charge in [0.15, 0.2) is 0 Å². The van der Waals surface area contributed by atoms with E-state index in [-0.39, 0.29) is 30.4 Å². The maximum absolute atomic E-state index is 12.3. The van der Waals surface area contributed by atoms with E-state index < -0.39 is 0 Å². The number of halogens is 1. The van der Waals surface area contributed by atoms with Gasteiger partial charge >= 0.3 is 0 Å². The van der Waals surface area contributed by atoms with E-state index in [9.17, 15) is 9.59 Å². The SMILES string of the molecule is CCN(CC(=O)NC(C)(C)C)CC(=O)N(C)Cc1ccc(Cl)s1. The number of thiophene rings is 1. The number of carbonyl (C=O) groups excluding carboxylic acids is 2. The van der Waals surface area contributed by atoms with Crippen LogP contribution in [0.4, 0.5) is 0 Å². The van der Waals surface area contributed by atoms with Crippen molar-refractivity contribution in [2.75, 3.05) is 26.7 Å². The van der Waals surface area contributed by atoms with Gasteiger partial charge in [0.25, 0.3) is 0 Å². The van der Waals surface area contributed by atoms with E-state index in [1.807, 2.05) is 44.7 Å². The van der Waals surface area contributed by atoms with Gasteiger partial charge in [-0.05, 0) is 39.4 Å². The molecule has 130 valence electrons. The van der Waals surface area contributed by atoms with Crippen molar-refractivity contribution in [2.24, 2.45) is 0 Å². The van der Waals surface area contributed by atoms with E-state index >= 15 is 0 Å². The van der Waals surface area contributed by atoms with E-state index in [0.717, 1.165) is 9.21 Å². The summed E-state index contributed by atoms with van der Waals surface area (Å²) in [6.45, 7) is 9.37. The molecule has 0 aliphatic rings. The normalized spacial score (nSPS) is 11.6. The maximum Gasteiger partial charge on any atom is 0.236 e. The zero-order valence-electron chi connectivity index (χ0n) is 14.5. The smallest absolute Gasteiger partial charge is 0.236 e. The number of carbonyl (C=O) groups is 2. The van der Waals surface area contributed by atoms with E-state index in [0.29, 0.717) is 13.1 Å². The first-order valence-electron chi connectivity index (χ1n) is 7.62. The van der Waals surface area contributed by atoms with Crippen molar-refractivity contribution in [2.45, 2.75) is 39.8 Å². The summed E-state index contributed by atoms with van der Waals surface area (Å²) < 4.78 is 0.717. The summed E-state index contributed by atoms with van der Waals surface area (Å²) in [5.74, 6) is -0.0835. The third-order valence-electron chi connectivity index (χ3n) is 3.14. The highest BCUT2D eigenvalue weighted by Gasteiger charge is 2.19. The molecule has 0 bridgehead atoms. The number of likely N-dealkylation sites (N-methyl/N-ethyl adjacent to an activating group) is 2. The molecule has 0 saturated carbocycles. The highest BCUT2D eigenvalue weighted by atomic mass is 35.5. The fraction of sp³-hybridized carbons (Fsp3) is 0.625. The van der Waals surface area contributed by atoms with Crippen LogP contribution < -0.4 is 5.32 Å². The minimum atomic E-state index is -0.268. The predicted octanol–water partition coefficient (Wildman–Crippen LogP) is 2.60. The Hall–Kier alpha value is -1.11. The lowest BCUT2D eigenvalue weighted by Crippen LogP contribution is -2.47. The Bertz CT molecular complexity index is 540. The highest BCUT2D eigenvalue weighted by molar-refractivity contribution is 7.16. The standard InChI is InChI=1S/C16H26ClN3O2S/c1-6-20(10-14(21)18-16(2,3)4)11-15(22)19(5)9-12-7-8-13(17)23-12/h7-8H,6,9-11H2,1-5H3,(H,18,21). The topological polar surface area (TPSA) is 52.7 Å². The van der Waals surface area contributed by atoms with Crippen molar-refractivity contribution in [1.82, 2.24) is 15.1 Å². The first kappa shape index (κ1) is 19.9. The highest BCUT2D eigenvalue weighted by Crippen LogP contribution is 2.22. The second kappa shape index (κ2) is 8.66. The Kier molecular flexibility index (Phi) is 7.51. The van der Waals surface area contributed by atoms with Crippen LogP contribution in [0.15, 0.2) is 12.1 Å². The molecule has 1 aromatic rings. The summed E-state index contributed by atoms with van der Waals surface area (Å²) >= 11 is 7.37. The summed E-state index contributed by atoms with van der Waals surface area (Å²) in [6, 6.07) is 3.75. The lowest BCUT2D eigenvalue weighted by Gasteiger charge is -2.26. The number of amides is 2. The number of hydrogen-bond acceptors (Lipinski definition) is 4. The van der Waals surface area contributed by atoms with E-state index in [1.165, 1.54) is 11.3 Å². The van der Waals surface area contributed by atoms with Gasteiger partial charge in [0.1, 0.15) is 0 Å². The van der Waals surface area contributed by atoms with Crippen molar-refractivity contribution in [3.05, 3.63) is 21.3 Å². The van der Waals surface area contributed by atoms with Crippen LogP contribution >= 0.6 is 22.9 Å². The van der Waals surface area contributed by atoms with Gasteiger partial charge in [-0.3, -0.25) is 14.5 Å². The average Bonchev–Trinajstić information content (AvgIpc) is 2.80. The fourth-order valence-corrected chi connectivity index (χ4v) is 3.15. The Morgan fingerprint density at radius 2 is 1.91 bits per heavy atom. The predicted molar refractivity (Wildman–Crippen MR) is 95.8 cm³/mol. The van der Waals surface area contributed by atoms with Crippen LogP contribution in [-0.2, 0) is 16.1 Å². The molecule has 5 nitrogen and oxygen atoms in total. The molecule has 7 heteroatoms. The largest absolute Gasteiger partial charge is 0.350 e. The molecule has 0 aliphatic carbocycles. The van der Waals surface area contributed by atoms with Crippen LogP contribution in [0, 0.1) is 0 Å². The van der Waals surface area contributed by atoms with Crippen LogP contribution in [0.3, 0.4) is 0 Å². The molecule has 0 spiro atoms. The van der Waals surface area contributed by atoms with E-state index in [4.69, 9.17) is 11.6 Å². The van der Waals surface area contributed by atoms with Crippen molar-refractivity contribution in [1.29, 1.82) is 0 Å². The second-order valence-electron chi connectivity index (χ2n) is 6.56. The average molecular weight is 360 g/mol. The molecule has 23 heavy (non-hydrogen) atoms. The monoisotopic (exact) mass is 359 g/mol. The molecular formula is C16H26ClN3O2S. The Morgan fingerprint density at radius 1 is 1.26 bits per heavy atom. The molecule has 0 radical (unpaired) electrons. The van der Waals surface area contributed by atoms with Crippen LogP contribution in [0.25, 0.3) is 0 Å². The number of rotatable bonds is 7. The molecule has 1 aromatic heterocycles. The Balaban J connectivity index is 2.50. The molecule has 0 fully saturated rings. The third kappa shape index (κ3) is 7.81. The maximum atomic E-state index is 12.3. The van der Waals surface area contributed by atoms with Gasteiger partial charge in [-0.2, -0.15) is 0 Å². The van der Waals surface area contributed by atoms with Gasteiger partial charge in [0.05, 0.1) is 24.0 Å². The summed E-state index contributed by atoms with van der Waals surface area (Å²) in [6.07, 6.45) is 0. The van der Waals surface area contributed by atoms with Crippen LogP contribution in [-0.4, -0.2) is 53.8 Å². The number of nitrogens with one attached hydrogen (secondary N) is 1. The molecule has 0 saturated heterocycles. The van der Waals surface area contributed by atoms with Gasteiger partial charge in [0, 0.05) is 17.5 Å². The van der Waals surface area contributed by atoms with Crippen molar-refractivity contribution in [3.8, 4) is 0 Å². The van der Waals surface area contributed by atoms with Crippen molar-refractivity contribution < 1.29 is 9.59 Å². The van der Waals surface area contributed by atoms with Crippen LogP contribution in [0.1, 0.15) is 32.6 Å². The first-order valence-corrected chi connectivity index (χ1v) is 8.81. The van der Waals surface area contributed by atoms with E-state index in [2.05, 4.69) is 5.32 Å². The summed E-state index contributed by atoms with van der Waals surface area (Å²) in [5.41, 5.74) is -0.268. The van der Waals surface area contributed by atoms with Gasteiger partial charge in [-0.1, -0.05) is 18.5 Å². The Morgan fingerprint density at radius 3 is 2.39 bits per heavy atom. The fourth-order valence-electron chi connectivity index (χ4n) is 2.01. The second-order valence-corrected chi connectivity index (χ2v) is 8.36. The molecule has 0 aromatic carbocycles. The molecule has 0 unspecified atom stereocenters.